The van der Waals surface area contributed by atoms with Crippen molar-refractivity contribution in [1.82, 2.24) is 25.3 Å². The van der Waals surface area contributed by atoms with Crippen LogP contribution in [0.1, 0.15) is 46.0 Å². The molecular formula is C20H42N6. The highest BCUT2D eigenvalue weighted by Gasteiger charge is 2.18. The summed E-state index contributed by atoms with van der Waals surface area (Å²) in [6.45, 7) is 15.7. The maximum absolute atomic E-state index is 4.83. The van der Waals surface area contributed by atoms with Crippen molar-refractivity contribution in [2.75, 3.05) is 72.5 Å². The summed E-state index contributed by atoms with van der Waals surface area (Å²) in [6.07, 6.45) is 6.77. The molecule has 2 N–H and O–H groups in total. The van der Waals surface area contributed by atoms with Gasteiger partial charge in [-0.25, -0.2) is 0 Å². The summed E-state index contributed by atoms with van der Waals surface area (Å²) in [6, 6.07) is 0.510. The number of piperazine rings is 1. The van der Waals surface area contributed by atoms with Gasteiger partial charge < -0.3 is 20.4 Å². The van der Waals surface area contributed by atoms with Crippen molar-refractivity contribution in [3.8, 4) is 0 Å². The van der Waals surface area contributed by atoms with Crippen molar-refractivity contribution in [3.05, 3.63) is 0 Å². The van der Waals surface area contributed by atoms with Crippen LogP contribution in [0.15, 0.2) is 4.99 Å². The van der Waals surface area contributed by atoms with Crippen LogP contribution in [0.2, 0.25) is 0 Å². The minimum absolute atomic E-state index is 0.510. The van der Waals surface area contributed by atoms with Gasteiger partial charge in [0, 0.05) is 45.3 Å². The lowest BCUT2D eigenvalue weighted by atomic mass is 10.2. The third-order valence-corrected chi connectivity index (χ3v) is 5.66. The standard InChI is InChI=1S/C20H42N6/c1-4-21-20(22-10-9-13-25-11-7-5-6-8-12-25)23-18-19(2)26-16-14-24(3)15-17-26/h19H,4-18H2,1-3H3,(H2,21,22,23). The van der Waals surface area contributed by atoms with Crippen molar-refractivity contribution < 1.29 is 0 Å². The molecule has 2 saturated heterocycles. The molecule has 0 aromatic heterocycles. The van der Waals surface area contributed by atoms with Crippen molar-refractivity contribution in [3.63, 3.8) is 0 Å². The van der Waals surface area contributed by atoms with E-state index < -0.39 is 0 Å². The first-order chi connectivity index (χ1) is 12.7. The van der Waals surface area contributed by atoms with E-state index in [1.807, 2.05) is 0 Å². The topological polar surface area (TPSA) is 46.1 Å². The summed E-state index contributed by atoms with van der Waals surface area (Å²) < 4.78 is 0. The first-order valence-electron chi connectivity index (χ1n) is 10.9. The van der Waals surface area contributed by atoms with Gasteiger partial charge in [-0.15, -0.1) is 0 Å². The Morgan fingerprint density at radius 1 is 0.962 bits per heavy atom. The summed E-state index contributed by atoms with van der Waals surface area (Å²) in [5.41, 5.74) is 0. The maximum Gasteiger partial charge on any atom is 0.191 e. The van der Waals surface area contributed by atoms with Crippen LogP contribution in [0.5, 0.6) is 0 Å². The molecule has 2 rings (SSSR count). The lowest BCUT2D eigenvalue weighted by molar-refractivity contribution is 0.122. The molecule has 0 spiro atoms. The van der Waals surface area contributed by atoms with Gasteiger partial charge in [0.15, 0.2) is 5.96 Å². The molecule has 0 amide bonds. The second-order valence-electron chi connectivity index (χ2n) is 7.94. The van der Waals surface area contributed by atoms with E-state index in [-0.39, 0.29) is 0 Å². The number of nitrogens with one attached hydrogen (secondary N) is 2. The molecular weight excluding hydrogens is 324 g/mol. The molecule has 152 valence electrons. The third kappa shape index (κ3) is 8.23. The second-order valence-corrected chi connectivity index (χ2v) is 7.94. The summed E-state index contributed by atoms with van der Waals surface area (Å²) >= 11 is 0. The van der Waals surface area contributed by atoms with Crippen LogP contribution in [0.3, 0.4) is 0 Å². The van der Waals surface area contributed by atoms with Gasteiger partial charge in [-0.2, -0.15) is 0 Å². The molecule has 2 fully saturated rings. The van der Waals surface area contributed by atoms with Crippen molar-refractivity contribution >= 4 is 5.96 Å². The van der Waals surface area contributed by atoms with Gasteiger partial charge in [0.2, 0.25) is 0 Å². The molecule has 1 atom stereocenters. The average molecular weight is 367 g/mol. The van der Waals surface area contributed by atoms with E-state index in [1.54, 1.807) is 0 Å². The molecule has 26 heavy (non-hydrogen) atoms. The Morgan fingerprint density at radius 3 is 2.31 bits per heavy atom. The van der Waals surface area contributed by atoms with E-state index in [1.165, 1.54) is 64.8 Å². The molecule has 0 aliphatic carbocycles. The summed E-state index contributed by atoms with van der Waals surface area (Å²) in [4.78, 5) is 12.4. The van der Waals surface area contributed by atoms with Crippen LogP contribution < -0.4 is 10.6 Å². The zero-order valence-electron chi connectivity index (χ0n) is 17.5. The zero-order chi connectivity index (χ0) is 18.6. The van der Waals surface area contributed by atoms with E-state index in [0.717, 1.165) is 38.7 Å². The highest BCUT2D eigenvalue weighted by Crippen LogP contribution is 2.09. The van der Waals surface area contributed by atoms with E-state index in [4.69, 9.17) is 4.99 Å². The number of nitrogens with zero attached hydrogens (tertiary/aromatic N) is 4. The number of rotatable bonds is 8. The van der Waals surface area contributed by atoms with Crippen LogP contribution >= 0.6 is 0 Å². The van der Waals surface area contributed by atoms with E-state index in [2.05, 4.69) is 46.2 Å². The molecule has 2 aliphatic rings. The first-order valence-corrected chi connectivity index (χ1v) is 10.9. The predicted octanol–water partition coefficient (Wildman–Crippen LogP) is 1.44. The van der Waals surface area contributed by atoms with Gasteiger partial charge in [-0.3, -0.25) is 9.89 Å². The van der Waals surface area contributed by atoms with Crippen LogP contribution in [0.25, 0.3) is 0 Å². The molecule has 0 bridgehead atoms. The van der Waals surface area contributed by atoms with Gasteiger partial charge in [-0.1, -0.05) is 12.8 Å². The molecule has 0 aromatic carbocycles. The molecule has 6 heteroatoms. The predicted molar refractivity (Wildman–Crippen MR) is 112 cm³/mol. The zero-order valence-corrected chi connectivity index (χ0v) is 17.5. The summed E-state index contributed by atoms with van der Waals surface area (Å²) in [5.74, 6) is 0.976. The Bertz CT molecular complexity index is 384. The van der Waals surface area contributed by atoms with Gasteiger partial charge in [0.25, 0.3) is 0 Å². The molecule has 6 nitrogen and oxygen atoms in total. The monoisotopic (exact) mass is 366 g/mol. The Morgan fingerprint density at radius 2 is 1.65 bits per heavy atom. The van der Waals surface area contributed by atoms with Gasteiger partial charge in [0.1, 0.15) is 0 Å². The quantitative estimate of drug-likeness (QED) is 0.387. The minimum atomic E-state index is 0.510. The Labute approximate surface area is 161 Å². The number of aliphatic imine (C=N–C) groups is 1. The Kier molecular flexibility index (Phi) is 10.3. The summed E-state index contributed by atoms with van der Waals surface area (Å²) in [7, 11) is 2.21. The molecule has 0 saturated carbocycles. The van der Waals surface area contributed by atoms with Gasteiger partial charge in [-0.05, 0) is 59.8 Å². The van der Waals surface area contributed by atoms with Gasteiger partial charge >= 0.3 is 0 Å². The number of likely N-dealkylation sites (tertiary alicyclic amines) is 1. The Hall–Kier alpha value is -0.850. The van der Waals surface area contributed by atoms with Crippen LogP contribution in [0.4, 0.5) is 0 Å². The largest absolute Gasteiger partial charge is 0.357 e. The van der Waals surface area contributed by atoms with Crippen molar-refractivity contribution in [2.45, 2.75) is 52.0 Å². The normalized spacial score (nSPS) is 22.8. The lowest BCUT2D eigenvalue weighted by Gasteiger charge is -2.35. The minimum Gasteiger partial charge on any atom is -0.357 e. The second kappa shape index (κ2) is 12.5. The van der Waals surface area contributed by atoms with E-state index in [9.17, 15) is 0 Å². The number of guanidine groups is 1. The van der Waals surface area contributed by atoms with Crippen molar-refractivity contribution in [1.29, 1.82) is 0 Å². The number of likely N-dealkylation sites (N-methyl/N-ethyl adjacent to an activating group) is 1. The van der Waals surface area contributed by atoms with Crippen molar-refractivity contribution in [2.24, 2.45) is 4.99 Å². The van der Waals surface area contributed by atoms with Crippen LogP contribution in [0, 0.1) is 0 Å². The van der Waals surface area contributed by atoms with Crippen LogP contribution in [-0.4, -0.2) is 99.2 Å². The molecule has 0 aromatic rings. The third-order valence-electron chi connectivity index (χ3n) is 5.66. The van der Waals surface area contributed by atoms with Crippen LogP contribution in [-0.2, 0) is 0 Å². The lowest BCUT2D eigenvalue weighted by Crippen LogP contribution is -2.49. The molecule has 2 heterocycles. The van der Waals surface area contributed by atoms with E-state index in [0.29, 0.717) is 6.04 Å². The maximum atomic E-state index is 4.83. The molecule has 2 aliphatic heterocycles. The molecule has 1 unspecified atom stereocenters. The van der Waals surface area contributed by atoms with E-state index >= 15 is 0 Å². The Balaban J connectivity index is 1.66. The molecule has 0 radical (unpaired) electrons. The first kappa shape index (κ1) is 21.5. The van der Waals surface area contributed by atoms with Gasteiger partial charge in [0.05, 0.1) is 6.54 Å². The average Bonchev–Trinajstić information content (AvgIpc) is 2.92. The highest BCUT2D eigenvalue weighted by molar-refractivity contribution is 5.79. The number of hydrogen-bond acceptors (Lipinski definition) is 4. The summed E-state index contributed by atoms with van der Waals surface area (Å²) in [5, 5.41) is 6.92. The number of hydrogen-bond donors (Lipinski definition) is 2. The highest BCUT2D eigenvalue weighted by atomic mass is 15.3. The fourth-order valence-corrected chi connectivity index (χ4v) is 3.81. The fraction of sp³-hybridized carbons (Fsp3) is 0.950. The fourth-order valence-electron chi connectivity index (χ4n) is 3.81. The SMILES string of the molecule is CCNC(=NCC(C)N1CCN(C)CC1)NCCCN1CCCCCC1. The smallest absolute Gasteiger partial charge is 0.191 e.